The molecule has 3 unspecified atom stereocenters. The van der Waals surface area contributed by atoms with Crippen molar-refractivity contribution in [3.8, 4) is 0 Å². The fourth-order valence-electron chi connectivity index (χ4n) is 1.05. The Labute approximate surface area is 58.4 Å². The van der Waals surface area contributed by atoms with Crippen molar-refractivity contribution in [2.75, 3.05) is 6.54 Å². The molecule has 6 N–H and O–H groups in total. The zero-order valence-electron chi connectivity index (χ0n) is 5.50. The lowest BCUT2D eigenvalue weighted by atomic mass is 10.1. The minimum Gasteiger partial charge on any atom is -0.668 e. The SMILES string of the molecule is [NH-]C1C([NH3+])CNC1C(=O)O. The van der Waals surface area contributed by atoms with Crippen LogP contribution < -0.4 is 11.1 Å². The van der Waals surface area contributed by atoms with Gasteiger partial charge >= 0.3 is 5.97 Å². The van der Waals surface area contributed by atoms with E-state index in [-0.39, 0.29) is 6.04 Å². The van der Waals surface area contributed by atoms with Gasteiger partial charge in [-0.3, -0.25) is 10.1 Å². The third kappa shape index (κ3) is 1.11. The van der Waals surface area contributed by atoms with Crippen LogP contribution in [0.3, 0.4) is 0 Å². The van der Waals surface area contributed by atoms with Gasteiger partial charge in [0.2, 0.25) is 0 Å². The zero-order valence-corrected chi connectivity index (χ0v) is 5.50. The molecule has 0 radical (unpaired) electrons. The summed E-state index contributed by atoms with van der Waals surface area (Å²) in [5, 5.41) is 11.2. The van der Waals surface area contributed by atoms with Gasteiger partial charge in [0.1, 0.15) is 0 Å². The highest BCUT2D eigenvalue weighted by atomic mass is 16.4. The highest BCUT2D eigenvalue weighted by Crippen LogP contribution is 2.07. The smallest absolute Gasteiger partial charge is 0.319 e. The van der Waals surface area contributed by atoms with E-state index in [4.69, 9.17) is 10.8 Å². The standard InChI is InChI=1S/C5H10N3O2/c6-2-1-8-4(3(2)7)5(9)10/h2-4,7-8H,1,6H2,(H,9,10)/q-1/p+1. The van der Waals surface area contributed by atoms with Gasteiger partial charge in [-0.25, -0.2) is 0 Å². The Balaban J connectivity index is 2.57. The largest absolute Gasteiger partial charge is 0.668 e. The van der Waals surface area contributed by atoms with Crippen molar-refractivity contribution in [2.24, 2.45) is 0 Å². The topological polar surface area (TPSA) is 101 Å². The Hall–Kier alpha value is -0.650. The first-order valence-corrected chi connectivity index (χ1v) is 3.13. The minimum absolute atomic E-state index is 0.0962. The summed E-state index contributed by atoms with van der Waals surface area (Å²) in [6.45, 7) is 0.533. The number of hydrogen-bond donors (Lipinski definition) is 3. The van der Waals surface area contributed by atoms with E-state index >= 15 is 0 Å². The number of rotatable bonds is 1. The summed E-state index contributed by atoms with van der Waals surface area (Å²) in [6, 6.07) is -1.42. The number of nitrogens with one attached hydrogen (secondary N) is 2. The molecule has 1 rings (SSSR count). The van der Waals surface area contributed by atoms with Crippen LogP contribution in [0.15, 0.2) is 0 Å². The number of aliphatic carboxylic acids is 1. The summed E-state index contributed by atoms with van der Waals surface area (Å²) >= 11 is 0. The third-order valence-corrected chi connectivity index (χ3v) is 1.73. The quantitative estimate of drug-likeness (QED) is 0.400. The highest BCUT2D eigenvalue weighted by Gasteiger charge is 2.32. The van der Waals surface area contributed by atoms with Gasteiger partial charge in [0.15, 0.2) is 0 Å². The number of hydrogen-bond acceptors (Lipinski definition) is 2. The fraction of sp³-hybridized carbons (Fsp3) is 0.800. The number of carboxylic acids is 1. The van der Waals surface area contributed by atoms with Gasteiger partial charge < -0.3 is 16.6 Å². The first-order valence-electron chi connectivity index (χ1n) is 3.13. The maximum absolute atomic E-state index is 10.3. The van der Waals surface area contributed by atoms with Crippen molar-refractivity contribution in [3.63, 3.8) is 0 Å². The molecule has 0 aromatic rings. The van der Waals surface area contributed by atoms with E-state index in [1.807, 2.05) is 0 Å². The molecule has 1 aliphatic rings. The second-order valence-electron chi connectivity index (χ2n) is 2.51. The highest BCUT2D eigenvalue weighted by molar-refractivity contribution is 5.75. The van der Waals surface area contributed by atoms with Gasteiger partial charge in [0.05, 0.1) is 12.1 Å². The van der Waals surface area contributed by atoms with Crippen molar-refractivity contribution in [2.45, 2.75) is 18.1 Å². The second kappa shape index (κ2) is 2.53. The van der Waals surface area contributed by atoms with Crippen LogP contribution in [0.2, 0.25) is 0 Å². The molecule has 10 heavy (non-hydrogen) atoms. The van der Waals surface area contributed by atoms with Gasteiger partial charge in [-0.15, -0.1) is 0 Å². The van der Waals surface area contributed by atoms with E-state index in [2.05, 4.69) is 11.1 Å². The van der Waals surface area contributed by atoms with E-state index in [9.17, 15) is 4.79 Å². The van der Waals surface area contributed by atoms with Crippen molar-refractivity contribution in [1.82, 2.24) is 5.32 Å². The molecule has 0 aliphatic carbocycles. The summed E-state index contributed by atoms with van der Waals surface area (Å²) in [5.41, 5.74) is 11.0. The Kier molecular flexibility index (Phi) is 1.89. The Morgan fingerprint density at radius 1 is 1.80 bits per heavy atom. The molecule has 0 spiro atoms. The molecule has 1 fully saturated rings. The van der Waals surface area contributed by atoms with E-state index < -0.39 is 18.1 Å². The Morgan fingerprint density at radius 3 is 2.60 bits per heavy atom. The molecule has 0 bridgehead atoms. The van der Waals surface area contributed by atoms with Crippen LogP contribution in [0.5, 0.6) is 0 Å². The van der Waals surface area contributed by atoms with E-state index in [1.54, 1.807) is 0 Å². The lowest BCUT2D eigenvalue weighted by molar-refractivity contribution is -0.413. The van der Waals surface area contributed by atoms with E-state index in [1.165, 1.54) is 0 Å². The summed E-state index contributed by atoms with van der Waals surface area (Å²) < 4.78 is 0. The third-order valence-electron chi connectivity index (χ3n) is 1.73. The van der Waals surface area contributed by atoms with Gasteiger partial charge in [0, 0.05) is 6.54 Å². The first kappa shape index (κ1) is 7.46. The summed E-state index contributed by atoms with van der Waals surface area (Å²) in [7, 11) is 0. The molecule has 5 heteroatoms. The lowest BCUT2D eigenvalue weighted by Crippen LogP contribution is -2.66. The van der Waals surface area contributed by atoms with Gasteiger partial charge in [-0.2, -0.15) is 0 Å². The summed E-state index contributed by atoms with van der Waals surface area (Å²) in [6.07, 6.45) is 0. The van der Waals surface area contributed by atoms with Gasteiger partial charge in [0.25, 0.3) is 0 Å². The second-order valence-corrected chi connectivity index (χ2v) is 2.51. The number of quaternary nitrogens is 1. The predicted octanol–water partition coefficient (Wildman–Crippen LogP) is -1.93. The summed E-state index contributed by atoms with van der Waals surface area (Å²) in [5.74, 6) is -0.953. The van der Waals surface area contributed by atoms with Crippen molar-refractivity contribution >= 4 is 5.97 Å². The molecule has 0 aromatic heterocycles. The maximum Gasteiger partial charge on any atom is 0.319 e. The molecule has 58 valence electrons. The number of carbonyl (C=O) groups is 1. The van der Waals surface area contributed by atoms with Crippen LogP contribution in [0.1, 0.15) is 0 Å². The first-order chi connectivity index (χ1) is 4.63. The molecular formula is C5H11N3O2. The molecule has 5 nitrogen and oxygen atoms in total. The molecule has 0 amide bonds. The van der Waals surface area contributed by atoms with Crippen LogP contribution in [0, 0.1) is 0 Å². The van der Waals surface area contributed by atoms with Crippen LogP contribution in [0.25, 0.3) is 5.73 Å². The van der Waals surface area contributed by atoms with Crippen molar-refractivity contribution < 1.29 is 15.6 Å². The zero-order chi connectivity index (χ0) is 7.72. The lowest BCUT2D eigenvalue weighted by Gasteiger charge is -2.18. The normalized spacial score (nSPS) is 40.0. The summed E-state index contributed by atoms with van der Waals surface area (Å²) in [4.78, 5) is 10.3. The Morgan fingerprint density at radius 2 is 2.40 bits per heavy atom. The molecule has 1 heterocycles. The van der Waals surface area contributed by atoms with E-state index in [0.717, 1.165) is 0 Å². The number of carboxylic acid groups (broad SMARTS) is 1. The Bertz CT molecular complexity index is 150. The fourth-order valence-corrected chi connectivity index (χ4v) is 1.05. The molecule has 3 atom stereocenters. The predicted molar refractivity (Wildman–Crippen MR) is 34.2 cm³/mol. The molecule has 0 aromatic carbocycles. The molecule has 0 saturated carbocycles. The van der Waals surface area contributed by atoms with Crippen LogP contribution in [0.4, 0.5) is 0 Å². The van der Waals surface area contributed by atoms with Crippen molar-refractivity contribution in [1.29, 1.82) is 0 Å². The maximum atomic E-state index is 10.3. The monoisotopic (exact) mass is 145 g/mol. The van der Waals surface area contributed by atoms with Crippen LogP contribution >= 0.6 is 0 Å². The van der Waals surface area contributed by atoms with Gasteiger partial charge in [-0.05, 0) is 0 Å². The average Bonchev–Trinajstić information content (AvgIpc) is 2.14. The van der Waals surface area contributed by atoms with Crippen LogP contribution in [-0.4, -0.2) is 35.7 Å². The van der Waals surface area contributed by atoms with E-state index in [0.29, 0.717) is 6.54 Å². The van der Waals surface area contributed by atoms with Gasteiger partial charge in [-0.1, -0.05) is 6.04 Å². The average molecular weight is 145 g/mol. The van der Waals surface area contributed by atoms with Crippen molar-refractivity contribution in [3.05, 3.63) is 5.73 Å². The molecule has 1 saturated heterocycles. The minimum atomic E-state index is -0.953. The molecule has 1 aliphatic heterocycles. The molecular weight excluding hydrogens is 134 g/mol. The van der Waals surface area contributed by atoms with Crippen LogP contribution in [-0.2, 0) is 4.79 Å².